The molecule has 6 nitrogen and oxygen atoms in total. The van der Waals surface area contributed by atoms with E-state index in [1.54, 1.807) is 42.6 Å². The summed E-state index contributed by atoms with van der Waals surface area (Å²) >= 11 is 3.23. The Morgan fingerprint density at radius 3 is 2.61 bits per heavy atom. The fraction of sp³-hybridized carbons (Fsp3) is 0.120. The molecule has 1 N–H and O–H groups in total. The zero-order valence-electron chi connectivity index (χ0n) is 17.8. The highest BCUT2D eigenvalue weighted by molar-refractivity contribution is 9.10. The van der Waals surface area contributed by atoms with Gasteiger partial charge in [-0.15, -0.1) is 0 Å². The van der Waals surface area contributed by atoms with E-state index in [9.17, 15) is 14.0 Å². The van der Waals surface area contributed by atoms with E-state index in [2.05, 4.69) is 31.6 Å². The number of fused-ring (bicyclic) bond motifs is 1. The summed E-state index contributed by atoms with van der Waals surface area (Å²) < 4.78 is 16.1. The monoisotopic (exact) mass is 506 g/mol. The minimum atomic E-state index is -0.448. The van der Waals surface area contributed by atoms with E-state index in [0.29, 0.717) is 26.5 Å². The normalized spacial score (nSPS) is 11.2. The van der Waals surface area contributed by atoms with Crippen molar-refractivity contribution in [2.45, 2.75) is 19.9 Å². The molecule has 4 aromatic rings. The maximum absolute atomic E-state index is 14.3. The van der Waals surface area contributed by atoms with Crippen molar-refractivity contribution in [1.82, 2.24) is 15.2 Å². The number of nitrogens with zero attached hydrogens (tertiary/aromatic N) is 3. The number of carbonyl (C=O) groups excluding carboxylic acids is 1. The lowest BCUT2D eigenvalue weighted by Gasteiger charge is -2.11. The summed E-state index contributed by atoms with van der Waals surface area (Å²) in [7, 11) is 0. The van der Waals surface area contributed by atoms with Crippen molar-refractivity contribution in [2.75, 3.05) is 0 Å². The van der Waals surface area contributed by atoms with Crippen LogP contribution in [0, 0.1) is 12.7 Å². The largest absolute Gasteiger partial charge is 0.274 e. The van der Waals surface area contributed by atoms with Crippen LogP contribution in [-0.4, -0.2) is 21.9 Å². The van der Waals surface area contributed by atoms with E-state index >= 15 is 0 Å². The zero-order chi connectivity index (χ0) is 23.4. The van der Waals surface area contributed by atoms with Gasteiger partial charge in [-0.2, -0.15) is 10.2 Å². The van der Waals surface area contributed by atoms with Crippen LogP contribution in [0.1, 0.15) is 22.4 Å². The fourth-order valence-electron chi connectivity index (χ4n) is 3.45. The number of benzene rings is 3. The lowest BCUT2D eigenvalue weighted by molar-refractivity contribution is -0.120. The second-order valence-electron chi connectivity index (χ2n) is 7.52. The van der Waals surface area contributed by atoms with Crippen molar-refractivity contribution >= 4 is 38.8 Å². The first-order chi connectivity index (χ1) is 15.9. The van der Waals surface area contributed by atoms with Gasteiger partial charge in [-0.3, -0.25) is 9.59 Å². The van der Waals surface area contributed by atoms with Gasteiger partial charge in [-0.25, -0.2) is 14.5 Å². The summed E-state index contributed by atoms with van der Waals surface area (Å²) in [5, 5.41) is 9.41. The summed E-state index contributed by atoms with van der Waals surface area (Å²) in [5.74, 6) is -0.825. The van der Waals surface area contributed by atoms with Crippen molar-refractivity contribution in [3.8, 4) is 0 Å². The highest BCUT2D eigenvalue weighted by Crippen LogP contribution is 2.18. The van der Waals surface area contributed by atoms with Crippen molar-refractivity contribution < 1.29 is 9.18 Å². The number of aromatic nitrogens is 2. The van der Waals surface area contributed by atoms with Gasteiger partial charge in [0, 0.05) is 15.4 Å². The van der Waals surface area contributed by atoms with Gasteiger partial charge in [0.1, 0.15) is 5.82 Å². The van der Waals surface area contributed by atoms with Gasteiger partial charge in [0.2, 0.25) is 5.91 Å². The number of aryl methyl sites for hydroxylation is 1. The second-order valence-corrected chi connectivity index (χ2v) is 8.43. The number of hydrogen-bond donors (Lipinski definition) is 1. The molecule has 0 bridgehead atoms. The molecule has 0 spiro atoms. The Balaban J connectivity index is 1.61. The van der Waals surface area contributed by atoms with Crippen molar-refractivity contribution in [1.29, 1.82) is 0 Å². The van der Waals surface area contributed by atoms with E-state index < -0.39 is 5.82 Å². The molecule has 1 heterocycles. The molecule has 0 aliphatic heterocycles. The number of hydrazone groups is 1. The SMILES string of the molecule is Cc1ccccc1/C=N/NC(=O)Cc1nn(Cc2ccc(Br)cc2F)c(=O)c2ccccc12. The molecular weight excluding hydrogens is 487 g/mol. The van der Waals surface area contributed by atoms with Gasteiger partial charge in [0.05, 0.1) is 30.3 Å². The number of amides is 1. The van der Waals surface area contributed by atoms with Crippen LogP contribution in [0.25, 0.3) is 10.8 Å². The Hall–Kier alpha value is -3.65. The summed E-state index contributed by atoms with van der Waals surface area (Å²) in [6, 6.07) is 19.2. The number of halogens is 2. The molecular formula is C25H20BrFN4O2. The van der Waals surface area contributed by atoms with Gasteiger partial charge in [-0.1, -0.05) is 64.5 Å². The molecule has 8 heteroatoms. The molecule has 1 amide bonds. The third-order valence-electron chi connectivity index (χ3n) is 5.19. The molecule has 0 unspecified atom stereocenters. The molecule has 3 aromatic carbocycles. The number of carbonyl (C=O) groups is 1. The first-order valence-corrected chi connectivity index (χ1v) is 11.0. The van der Waals surface area contributed by atoms with E-state index in [1.165, 1.54) is 10.7 Å². The Kier molecular flexibility index (Phi) is 6.74. The Morgan fingerprint density at radius 2 is 1.85 bits per heavy atom. The van der Waals surface area contributed by atoms with Crippen LogP contribution in [0.3, 0.4) is 0 Å². The van der Waals surface area contributed by atoms with E-state index in [0.717, 1.165) is 11.1 Å². The average Bonchev–Trinajstić information content (AvgIpc) is 2.80. The molecule has 0 saturated carbocycles. The predicted molar refractivity (Wildman–Crippen MR) is 130 cm³/mol. The lowest BCUT2D eigenvalue weighted by Crippen LogP contribution is -2.28. The Bertz CT molecular complexity index is 1430. The average molecular weight is 507 g/mol. The molecule has 0 atom stereocenters. The Morgan fingerprint density at radius 1 is 1.12 bits per heavy atom. The second kappa shape index (κ2) is 9.87. The molecule has 166 valence electrons. The van der Waals surface area contributed by atoms with Crippen LogP contribution in [-0.2, 0) is 17.8 Å². The van der Waals surface area contributed by atoms with Crippen LogP contribution in [0.2, 0.25) is 0 Å². The molecule has 4 rings (SSSR count). The smallest absolute Gasteiger partial charge is 0.273 e. The van der Waals surface area contributed by atoms with Gasteiger partial charge in [-0.05, 0) is 36.2 Å². The van der Waals surface area contributed by atoms with E-state index in [1.807, 2.05) is 31.2 Å². The predicted octanol–water partition coefficient (Wildman–Crippen LogP) is 4.35. The zero-order valence-corrected chi connectivity index (χ0v) is 19.3. The van der Waals surface area contributed by atoms with Gasteiger partial charge >= 0.3 is 0 Å². The van der Waals surface area contributed by atoms with E-state index in [4.69, 9.17) is 0 Å². The molecule has 0 fully saturated rings. The number of hydrogen-bond acceptors (Lipinski definition) is 4. The molecule has 1 aromatic heterocycles. The molecule has 0 aliphatic carbocycles. The molecule has 0 radical (unpaired) electrons. The Labute approximate surface area is 197 Å². The quantitative estimate of drug-likeness (QED) is 0.312. The summed E-state index contributed by atoms with van der Waals surface area (Å²) in [5.41, 5.74) is 4.82. The van der Waals surface area contributed by atoms with Gasteiger partial charge in [0.25, 0.3) is 5.56 Å². The van der Waals surface area contributed by atoms with E-state index in [-0.39, 0.29) is 24.4 Å². The first kappa shape index (κ1) is 22.5. The van der Waals surface area contributed by atoms with Crippen LogP contribution < -0.4 is 11.0 Å². The van der Waals surface area contributed by atoms with Gasteiger partial charge < -0.3 is 0 Å². The maximum atomic E-state index is 14.3. The van der Waals surface area contributed by atoms with Crippen LogP contribution in [0.4, 0.5) is 4.39 Å². The highest BCUT2D eigenvalue weighted by atomic mass is 79.9. The molecule has 33 heavy (non-hydrogen) atoms. The van der Waals surface area contributed by atoms with Gasteiger partial charge in [0.15, 0.2) is 0 Å². The summed E-state index contributed by atoms with van der Waals surface area (Å²) in [4.78, 5) is 25.5. The standard InChI is InChI=1S/C25H20BrFN4O2/c1-16-6-2-3-7-17(16)14-28-29-24(32)13-23-20-8-4-5-9-21(20)25(33)31(30-23)15-18-10-11-19(26)12-22(18)27/h2-12,14H,13,15H2,1H3,(H,29,32)/b28-14+. The summed E-state index contributed by atoms with van der Waals surface area (Å²) in [6.07, 6.45) is 1.49. The third kappa shape index (κ3) is 5.23. The number of rotatable bonds is 6. The van der Waals surface area contributed by atoms with Crippen LogP contribution in [0.5, 0.6) is 0 Å². The van der Waals surface area contributed by atoms with Crippen LogP contribution in [0.15, 0.2) is 81.1 Å². The fourth-order valence-corrected chi connectivity index (χ4v) is 3.78. The minimum Gasteiger partial charge on any atom is -0.273 e. The number of nitrogens with one attached hydrogen (secondary N) is 1. The van der Waals surface area contributed by atoms with Crippen molar-refractivity contribution in [3.05, 3.63) is 110 Å². The lowest BCUT2D eigenvalue weighted by atomic mass is 10.1. The maximum Gasteiger partial charge on any atom is 0.274 e. The summed E-state index contributed by atoms with van der Waals surface area (Å²) in [6.45, 7) is 1.90. The van der Waals surface area contributed by atoms with Crippen molar-refractivity contribution in [2.24, 2.45) is 5.10 Å². The first-order valence-electron chi connectivity index (χ1n) is 10.2. The molecule has 0 aliphatic rings. The third-order valence-corrected chi connectivity index (χ3v) is 5.68. The topological polar surface area (TPSA) is 76.3 Å². The minimum absolute atomic E-state index is 0.0527. The van der Waals surface area contributed by atoms with Crippen LogP contribution >= 0.6 is 15.9 Å². The van der Waals surface area contributed by atoms with Crippen molar-refractivity contribution in [3.63, 3.8) is 0 Å². The highest BCUT2D eigenvalue weighted by Gasteiger charge is 2.15. The molecule has 0 saturated heterocycles.